The van der Waals surface area contributed by atoms with Crippen LogP contribution in [0.15, 0.2) is 18.2 Å². The maximum atomic E-state index is 10.7. The quantitative estimate of drug-likeness (QED) is 0.903. The summed E-state index contributed by atoms with van der Waals surface area (Å²) in [5, 5.41) is 9.89. The summed E-state index contributed by atoms with van der Waals surface area (Å²) in [6.07, 6.45) is 0.135. The average molecular weight is 247 g/mol. The van der Waals surface area contributed by atoms with Crippen LogP contribution in [0.1, 0.15) is 17.7 Å². The molecule has 0 aliphatic rings. The Hall–Kier alpha value is -1.97. The zero-order valence-corrected chi connectivity index (χ0v) is 10.9. The number of benzene rings is 1. The van der Waals surface area contributed by atoms with Crippen molar-refractivity contribution in [2.75, 3.05) is 7.11 Å². The van der Waals surface area contributed by atoms with Crippen molar-refractivity contribution in [2.45, 2.75) is 26.8 Å². The first-order valence-electron chi connectivity index (χ1n) is 5.89. The number of hydrogen-bond acceptors (Lipinski definition) is 2. The van der Waals surface area contributed by atoms with Gasteiger partial charge in [0.2, 0.25) is 0 Å². The van der Waals surface area contributed by atoms with E-state index in [9.17, 15) is 4.79 Å². The SMILES string of the molecule is COc1cc(C)c2c(c1)cc(C)n2CCC(=O)O. The molecule has 0 atom stereocenters. The molecule has 96 valence electrons. The highest BCUT2D eigenvalue weighted by atomic mass is 16.5. The van der Waals surface area contributed by atoms with Gasteiger partial charge in [-0.25, -0.2) is 0 Å². The Morgan fingerprint density at radius 3 is 2.67 bits per heavy atom. The molecule has 4 heteroatoms. The van der Waals surface area contributed by atoms with E-state index < -0.39 is 5.97 Å². The highest BCUT2D eigenvalue weighted by Crippen LogP contribution is 2.28. The van der Waals surface area contributed by atoms with Crippen LogP contribution in [-0.2, 0) is 11.3 Å². The van der Waals surface area contributed by atoms with Gasteiger partial charge in [-0.05, 0) is 37.6 Å². The summed E-state index contributed by atoms with van der Waals surface area (Å²) in [5.41, 5.74) is 3.26. The molecule has 1 aromatic heterocycles. The molecule has 2 aromatic rings. The topological polar surface area (TPSA) is 51.5 Å². The normalized spacial score (nSPS) is 10.8. The largest absolute Gasteiger partial charge is 0.497 e. The lowest BCUT2D eigenvalue weighted by Gasteiger charge is -2.09. The molecule has 0 amide bonds. The van der Waals surface area contributed by atoms with Gasteiger partial charge in [0.1, 0.15) is 5.75 Å². The molecule has 0 bridgehead atoms. The number of carboxylic acids is 1. The van der Waals surface area contributed by atoms with Gasteiger partial charge in [0.25, 0.3) is 0 Å². The highest BCUT2D eigenvalue weighted by molar-refractivity contribution is 5.86. The van der Waals surface area contributed by atoms with Crippen LogP contribution < -0.4 is 4.74 Å². The van der Waals surface area contributed by atoms with Gasteiger partial charge in [0.15, 0.2) is 0 Å². The zero-order valence-electron chi connectivity index (χ0n) is 10.9. The number of rotatable bonds is 4. The lowest BCUT2D eigenvalue weighted by atomic mass is 10.1. The third-order valence-electron chi connectivity index (χ3n) is 3.15. The lowest BCUT2D eigenvalue weighted by Crippen LogP contribution is -2.06. The molecule has 0 radical (unpaired) electrons. The standard InChI is InChI=1S/C14H17NO3/c1-9-6-12(18-3)8-11-7-10(2)15(14(9)11)5-4-13(16)17/h6-8H,4-5H2,1-3H3,(H,16,17). The Kier molecular flexibility index (Phi) is 3.28. The van der Waals surface area contributed by atoms with Crippen molar-refractivity contribution in [3.8, 4) is 5.75 Å². The molecule has 4 nitrogen and oxygen atoms in total. The molecule has 0 unspecified atom stereocenters. The minimum Gasteiger partial charge on any atom is -0.497 e. The van der Waals surface area contributed by atoms with E-state index in [2.05, 4.69) is 10.6 Å². The third-order valence-corrected chi connectivity index (χ3v) is 3.15. The van der Waals surface area contributed by atoms with Crippen LogP contribution >= 0.6 is 0 Å². The molecule has 1 heterocycles. The number of fused-ring (bicyclic) bond motifs is 1. The molecule has 2 rings (SSSR count). The van der Waals surface area contributed by atoms with E-state index in [1.54, 1.807) is 7.11 Å². The maximum Gasteiger partial charge on any atom is 0.305 e. The lowest BCUT2D eigenvalue weighted by molar-refractivity contribution is -0.137. The first kappa shape index (κ1) is 12.5. The third kappa shape index (κ3) is 2.18. The number of carboxylic acid groups (broad SMARTS) is 1. The summed E-state index contributed by atoms with van der Waals surface area (Å²) >= 11 is 0. The predicted octanol–water partition coefficient (Wildman–Crippen LogP) is 2.74. The first-order valence-corrected chi connectivity index (χ1v) is 5.89. The summed E-state index contributed by atoms with van der Waals surface area (Å²) in [7, 11) is 1.65. The predicted molar refractivity (Wildman–Crippen MR) is 70.2 cm³/mol. The van der Waals surface area contributed by atoms with Crippen LogP contribution in [0, 0.1) is 13.8 Å². The van der Waals surface area contributed by atoms with Crippen LogP contribution in [0.25, 0.3) is 10.9 Å². The summed E-state index contributed by atoms with van der Waals surface area (Å²) in [4.78, 5) is 10.7. The van der Waals surface area contributed by atoms with E-state index in [-0.39, 0.29) is 6.42 Å². The molecule has 0 spiro atoms. The average Bonchev–Trinajstić information content (AvgIpc) is 2.62. The zero-order chi connectivity index (χ0) is 13.3. The van der Waals surface area contributed by atoms with Gasteiger partial charge in [-0.15, -0.1) is 0 Å². The first-order chi connectivity index (χ1) is 8.52. The molecule has 1 N–H and O–H groups in total. The van der Waals surface area contributed by atoms with Gasteiger partial charge >= 0.3 is 5.97 Å². The minimum absolute atomic E-state index is 0.135. The second kappa shape index (κ2) is 4.72. The monoisotopic (exact) mass is 247 g/mol. The van der Waals surface area contributed by atoms with E-state index in [1.165, 1.54) is 0 Å². The van der Waals surface area contributed by atoms with Crippen molar-refractivity contribution in [3.05, 3.63) is 29.5 Å². The number of hydrogen-bond donors (Lipinski definition) is 1. The molecule has 0 aliphatic heterocycles. The molecular weight excluding hydrogens is 230 g/mol. The van der Waals surface area contributed by atoms with Crippen molar-refractivity contribution in [3.63, 3.8) is 0 Å². The maximum absolute atomic E-state index is 10.7. The van der Waals surface area contributed by atoms with Gasteiger partial charge in [-0.3, -0.25) is 4.79 Å². The molecule has 0 fully saturated rings. The molecule has 1 aromatic carbocycles. The van der Waals surface area contributed by atoms with E-state index >= 15 is 0 Å². The van der Waals surface area contributed by atoms with Gasteiger partial charge in [-0.1, -0.05) is 0 Å². The summed E-state index contributed by atoms with van der Waals surface area (Å²) in [6.45, 7) is 4.51. The fourth-order valence-electron chi connectivity index (χ4n) is 2.34. The molecule has 0 saturated heterocycles. The number of ether oxygens (including phenoxy) is 1. The number of carbonyl (C=O) groups is 1. The number of methoxy groups -OCH3 is 1. The second-order valence-electron chi connectivity index (χ2n) is 4.46. The highest BCUT2D eigenvalue weighted by Gasteiger charge is 2.11. The molecule has 0 aliphatic carbocycles. The van der Waals surface area contributed by atoms with Crippen molar-refractivity contribution in [1.82, 2.24) is 4.57 Å². The van der Waals surface area contributed by atoms with Crippen molar-refractivity contribution < 1.29 is 14.6 Å². The van der Waals surface area contributed by atoms with E-state index in [0.29, 0.717) is 6.54 Å². The van der Waals surface area contributed by atoms with E-state index in [4.69, 9.17) is 9.84 Å². The summed E-state index contributed by atoms with van der Waals surface area (Å²) < 4.78 is 7.30. The number of aryl methyl sites for hydroxylation is 3. The number of nitrogens with zero attached hydrogens (tertiary/aromatic N) is 1. The van der Waals surface area contributed by atoms with Crippen LogP contribution in [0.2, 0.25) is 0 Å². The van der Waals surface area contributed by atoms with Crippen molar-refractivity contribution >= 4 is 16.9 Å². The summed E-state index contributed by atoms with van der Waals surface area (Å²) in [6, 6.07) is 6.01. The van der Waals surface area contributed by atoms with Gasteiger partial charge in [-0.2, -0.15) is 0 Å². The van der Waals surface area contributed by atoms with Crippen molar-refractivity contribution in [1.29, 1.82) is 0 Å². The Labute approximate surface area is 106 Å². The van der Waals surface area contributed by atoms with Crippen LogP contribution in [0.4, 0.5) is 0 Å². The van der Waals surface area contributed by atoms with Crippen LogP contribution in [-0.4, -0.2) is 22.8 Å². The fourth-order valence-corrected chi connectivity index (χ4v) is 2.34. The molecule has 18 heavy (non-hydrogen) atoms. The van der Waals surface area contributed by atoms with Crippen LogP contribution in [0.3, 0.4) is 0 Å². The molecule has 0 saturated carbocycles. The second-order valence-corrected chi connectivity index (χ2v) is 4.46. The van der Waals surface area contributed by atoms with Gasteiger partial charge < -0.3 is 14.4 Å². The van der Waals surface area contributed by atoms with Gasteiger partial charge in [0, 0.05) is 17.6 Å². The van der Waals surface area contributed by atoms with E-state index in [0.717, 1.165) is 27.9 Å². The Morgan fingerprint density at radius 2 is 2.06 bits per heavy atom. The van der Waals surface area contributed by atoms with Crippen LogP contribution in [0.5, 0.6) is 5.75 Å². The Bertz CT molecular complexity index is 599. The smallest absolute Gasteiger partial charge is 0.305 e. The Morgan fingerprint density at radius 1 is 1.33 bits per heavy atom. The van der Waals surface area contributed by atoms with E-state index in [1.807, 2.05) is 26.0 Å². The fraction of sp³-hybridized carbons (Fsp3) is 0.357. The number of aromatic nitrogens is 1. The minimum atomic E-state index is -0.776. The van der Waals surface area contributed by atoms with Crippen molar-refractivity contribution in [2.24, 2.45) is 0 Å². The Balaban J connectivity index is 2.53. The van der Waals surface area contributed by atoms with Gasteiger partial charge in [0.05, 0.1) is 19.0 Å². The number of aliphatic carboxylic acids is 1. The molecular formula is C14H17NO3. The summed E-state index contributed by atoms with van der Waals surface area (Å²) in [5.74, 6) is 0.0535.